The topological polar surface area (TPSA) is 27.7 Å². The van der Waals surface area contributed by atoms with Crippen LogP contribution in [0.2, 0.25) is 0 Å². The molecule has 0 unspecified atom stereocenters. The molecule has 1 aromatic carbocycles. The minimum Gasteiger partial charge on any atom is -0.381 e. The van der Waals surface area contributed by atoms with Gasteiger partial charge in [0, 0.05) is 12.8 Å². The van der Waals surface area contributed by atoms with E-state index in [2.05, 4.69) is 45.0 Å². The van der Waals surface area contributed by atoms with E-state index < -0.39 is 5.79 Å². The molecule has 2 atom stereocenters. The second kappa shape index (κ2) is 5.47. The Morgan fingerprint density at radius 1 is 1.05 bits per heavy atom. The summed E-state index contributed by atoms with van der Waals surface area (Å²) in [4.78, 5) is 0. The maximum absolute atomic E-state index is 6.39. The summed E-state index contributed by atoms with van der Waals surface area (Å²) in [5, 5.41) is 0. The molecular formula is C17H24O3. The van der Waals surface area contributed by atoms with E-state index in [-0.39, 0.29) is 12.2 Å². The molecule has 0 N–H and O–H groups in total. The summed E-state index contributed by atoms with van der Waals surface area (Å²) < 4.78 is 18.2. The van der Waals surface area contributed by atoms with E-state index in [1.54, 1.807) is 0 Å². The quantitative estimate of drug-likeness (QED) is 0.826. The highest BCUT2D eigenvalue weighted by Gasteiger charge is 2.49. The number of aryl methyl sites for hydroxylation is 1. The van der Waals surface area contributed by atoms with Crippen LogP contribution in [0.1, 0.15) is 43.9 Å². The van der Waals surface area contributed by atoms with Crippen molar-refractivity contribution in [3.8, 4) is 0 Å². The van der Waals surface area contributed by atoms with Crippen molar-refractivity contribution in [2.24, 2.45) is 5.92 Å². The summed E-state index contributed by atoms with van der Waals surface area (Å²) in [5.74, 6) is 0.00598. The van der Waals surface area contributed by atoms with Crippen LogP contribution in [-0.4, -0.2) is 25.1 Å². The molecule has 2 heterocycles. The summed E-state index contributed by atoms with van der Waals surface area (Å²) >= 11 is 0. The van der Waals surface area contributed by atoms with Gasteiger partial charge in [0.15, 0.2) is 5.79 Å². The Bertz CT molecular complexity index is 446. The first kappa shape index (κ1) is 14.1. The molecule has 3 nitrogen and oxygen atoms in total. The maximum atomic E-state index is 6.39. The van der Waals surface area contributed by atoms with Crippen molar-refractivity contribution >= 4 is 0 Å². The van der Waals surface area contributed by atoms with Gasteiger partial charge in [-0.1, -0.05) is 43.7 Å². The molecule has 0 bridgehead atoms. The molecule has 0 saturated carbocycles. The smallest absolute Gasteiger partial charge is 0.174 e. The van der Waals surface area contributed by atoms with Gasteiger partial charge in [-0.15, -0.1) is 0 Å². The zero-order chi connectivity index (χ0) is 14.2. The largest absolute Gasteiger partial charge is 0.381 e. The van der Waals surface area contributed by atoms with E-state index in [4.69, 9.17) is 14.2 Å². The number of rotatable bonds is 2. The standard InChI is InChI=1S/C17H24O3/c1-12(2)15-16(14-6-4-13(3)5-7-14)20-17(19-15)8-10-18-11-9-17/h4-7,12,15-16H,8-11H2,1-3H3/t15-,16-/m1/s1. The van der Waals surface area contributed by atoms with Crippen LogP contribution in [0.4, 0.5) is 0 Å². The molecule has 0 aliphatic carbocycles. The van der Waals surface area contributed by atoms with Gasteiger partial charge in [-0.2, -0.15) is 0 Å². The summed E-state index contributed by atoms with van der Waals surface area (Å²) in [6.45, 7) is 7.97. The molecule has 110 valence electrons. The van der Waals surface area contributed by atoms with Crippen LogP contribution in [0.15, 0.2) is 24.3 Å². The number of ether oxygens (including phenoxy) is 3. The Kier molecular flexibility index (Phi) is 3.85. The van der Waals surface area contributed by atoms with Crippen molar-refractivity contribution in [3.63, 3.8) is 0 Å². The minimum absolute atomic E-state index is 0.0358. The lowest BCUT2D eigenvalue weighted by Gasteiger charge is -2.32. The molecule has 2 aliphatic heterocycles. The second-order valence-electron chi connectivity index (χ2n) is 6.30. The first-order valence-corrected chi connectivity index (χ1v) is 7.60. The van der Waals surface area contributed by atoms with Crippen LogP contribution in [0.5, 0.6) is 0 Å². The van der Waals surface area contributed by atoms with E-state index in [9.17, 15) is 0 Å². The third-order valence-electron chi connectivity index (χ3n) is 4.31. The van der Waals surface area contributed by atoms with Gasteiger partial charge < -0.3 is 14.2 Å². The summed E-state index contributed by atoms with van der Waals surface area (Å²) in [7, 11) is 0. The summed E-state index contributed by atoms with van der Waals surface area (Å²) in [5.41, 5.74) is 2.49. The summed E-state index contributed by atoms with van der Waals surface area (Å²) in [6, 6.07) is 8.62. The highest BCUT2D eigenvalue weighted by Crippen LogP contribution is 2.45. The number of benzene rings is 1. The lowest BCUT2D eigenvalue weighted by Crippen LogP contribution is -2.38. The van der Waals surface area contributed by atoms with Gasteiger partial charge >= 0.3 is 0 Å². The highest BCUT2D eigenvalue weighted by molar-refractivity contribution is 5.25. The van der Waals surface area contributed by atoms with E-state index in [0.29, 0.717) is 5.92 Å². The number of hydrogen-bond donors (Lipinski definition) is 0. The predicted octanol–water partition coefficient (Wildman–Crippen LogP) is 3.61. The first-order chi connectivity index (χ1) is 9.60. The van der Waals surface area contributed by atoms with Gasteiger partial charge in [-0.25, -0.2) is 0 Å². The van der Waals surface area contributed by atoms with Gasteiger partial charge in [0.05, 0.1) is 19.3 Å². The van der Waals surface area contributed by atoms with Crippen molar-refractivity contribution < 1.29 is 14.2 Å². The Balaban J connectivity index is 1.86. The summed E-state index contributed by atoms with van der Waals surface area (Å²) in [6.07, 6.45) is 1.82. The fraction of sp³-hybridized carbons (Fsp3) is 0.647. The Hall–Kier alpha value is -0.900. The van der Waals surface area contributed by atoms with Crippen LogP contribution >= 0.6 is 0 Å². The normalized spacial score (nSPS) is 29.2. The second-order valence-corrected chi connectivity index (χ2v) is 6.30. The highest BCUT2D eigenvalue weighted by atomic mass is 16.8. The van der Waals surface area contributed by atoms with Gasteiger partial charge in [0.1, 0.15) is 6.10 Å². The van der Waals surface area contributed by atoms with Crippen LogP contribution < -0.4 is 0 Å². The zero-order valence-corrected chi connectivity index (χ0v) is 12.6. The van der Waals surface area contributed by atoms with Crippen LogP contribution in [0.25, 0.3) is 0 Å². The molecule has 0 amide bonds. The fourth-order valence-electron chi connectivity index (χ4n) is 3.05. The average molecular weight is 276 g/mol. The Labute approximate surface area is 121 Å². The third kappa shape index (κ3) is 2.62. The Morgan fingerprint density at radius 3 is 2.30 bits per heavy atom. The predicted molar refractivity (Wildman–Crippen MR) is 77.5 cm³/mol. The van der Waals surface area contributed by atoms with Gasteiger partial charge in [-0.05, 0) is 18.4 Å². The molecule has 2 saturated heterocycles. The molecule has 3 rings (SSSR count). The van der Waals surface area contributed by atoms with E-state index in [1.807, 2.05) is 0 Å². The monoisotopic (exact) mass is 276 g/mol. The van der Waals surface area contributed by atoms with E-state index in [0.717, 1.165) is 26.1 Å². The van der Waals surface area contributed by atoms with Crippen molar-refractivity contribution in [1.29, 1.82) is 0 Å². The average Bonchev–Trinajstić information content (AvgIpc) is 2.80. The van der Waals surface area contributed by atoms with Crippen LogP contribution in [0, 0.1) is 12.8 Å². The minimum atomic E-state index is -0.428. The van der Waals surface area contributed by atoms with Crippen LogP contribution in [0.3, 0.4) is 0 Å². The molecule has 1 spiro atoms. The molecule has 0 aromatic heterocycles. The van der Waals surface area contributed by atoms with Crippen molar-refractivity contribution in [2.45, 2.75) is 51.6 Å². The zero-order valence-electron chi connectivity index (χ0n) is 12.6. The molecular weight excluding hydrogens is 252 g/mol. The molecule has 0 radical (unpaired) electrons. The van der Waals surface area contributed by atoms with E-state index in [1.165, 1.54) is 11.1 Å². The third-order valence-corrected chi connectivity index (χ3v) is 4.31. The molecule has 3 heteroatoms. The van der Waals surface area contributed by atoms with Crippen molar-refractivity contribution in [1.82, 2.24) is 0 Å². The van der Waals surface area contributed by atoms with Gasteiger partial charge in [-0.3, -0.25) is 0 Å². The van der Waals surface area contributed by atoms with Gasteiger partial charge in [0.25, 0.3) is 0 Å². The lowest BCUT2D eigenvalue weighted by atomic mass is 9.96. The Morgan fingerprint density at radius 2 is 1.70 bits per heavy atom. The number of hydrogen-bond acceptors (Lipinski definition) is 3. The molecule has 20 heavy (non-hydrogen) atoms. The van der Waals surface area contributed by atoms with Crippen LogP contribution in [-0.2, 0) is 14.2 Å². The van der Waals surface area contributed by atoms with E-state index >= 15 is 0 Å². The molecule has 1 aromatic rings. The maximum Gasteiger partial charge on any atom is 0.174 e. The van der Waals surface area contributed by atoms with Crippen molar-refractivity contribution in [2.75, 3.05) is 13.2 Å². The molecule has 2 aliphatic rings. The lowest BCUT2D eigenvalue weighted by molar-refractivity contribution is -0.219. The molecule has 2 fully saturated rings. The van der Waals surface area contributed by atoms with Crippen molar-refractivity contribution in [3.05, 3.63) is 35.4 Å². The fourth-order valence-corrected chi connectivity index (χ4v) is 3.05. The SMILES string of the molecule is Cc1ccc([C@H]2OC3(CCOCC3)O[C@@H]2C(C)C)cc1. The van der Waals surface area contributed by atoms with Gasteiger partial charge in [0.2, 0.25) is 0 Å². The first-order valence-electron chi connectivity index (χ1n) is 7.60.